The molecular formula is C11H9Cl2N3. The van der Waals surface area contributed by atoms with Crippen molar-refractivity contribution < 1.29 is 0 Å². The van der Waals surface area contributed by atoms with E-state index in [4.69, 9.17) is 28.9 Å². The van der Waals surface area contributed by atoms with E-state index in [-0.39, 0.29) is 5.95 Å². The second-order valence-electron chi connectivity index (χ2n) is 3.37. The first-order valence-electron chi connectivity index (χ1n) is 4.65. The highest BCUT2D eigenvalue weighted by molar-refractivity contribution is 6.42. The summed E-state index contributed by atoms with van der Waals surface area (Å²) in [7, 11) is 0. The lowest BCUT2D eigenvalue weighted by atomic mass is 10.1. The smallest absolute Gasteiger partial charge is 0.219 e. The van der Waals surface area contributed by atoms with E-state index in [1.54, 1.807) is 18.5 Å². The monoisotopic (exact) mass is 253 g/mol. The van der Waals surface area contributed by atoms with E-state index in [0.29, 0.717) is 16.5 Å². The van der Waals surface area contributed by atoms with Gasteiger partial charge in [0.05, 0.1) is 10.0 Å². The van der Waals surface area contributed by atoms with Crippen molar-refractivity contribution in [1.82, 2.24) is 9.97 Å². The average molecular weight is 254 g/mol. The summed E-state index contributed by atoms with van der Waals surface area (Å²) in [6.07, 6.45) is 4.10. The number of aromatic nitrogens is 2. The Bertz CT molecular complexity index is 497. The van der Waals surface area contributed by atoms with Gasteiger partial charge in [0.2, 0.25) is 5.95 Å². The van der Waals surface area contributed by atoms with Crippen LogP contribution < -0.4 is 5.73 Å². The molecule has 0 unspecified atom stereocenters. The van der Waals surface area contributed by atoms with Gasteiger partial charge in [0.25, 0.3) is 0 Å². The molecule has 2 N–H and O–H groups in total. The van der Waals surface area contributed by atoms with E-state index in [1.807, 2.05) is 12.1 Å². The molecule has 0 fully saturated rings. The third-order valence-electron chi connectivity index (χ3n) is 2.12. The number of nitrogens with two attached hydrogens (primary N) is 1. The normalized spacial score (nSPS) is 10.4. The standard InChI is InChI=1S/C11H9Cl2N3/c12-9-2-1-7(4-10(9)13)3-8-5-15-11(14)16-6-8/h1-2,4-6H,3H2,(H2,14,15,16). The lowest BCUT2D eigenvalue weighted by Gasteiger charge is -2.03. The molecule has 1 aromatic heterocycles. The van der Waals surface area contributed by atoms with Gasteiger partial charge >= 0.3 is 0 Å². The predicted octanol–water partition coefficient (Wildman–Crippen LogP) is 2.96. The summed E-state index contributed by atoms with van der Waals surface area (Å²) in [5.74, 6) is 0.276. The van der Waals surface area contributed by atoms with E-state index in [2.05, 4.69) is 9.97 Å². The fourth-order valence-electron chi connectivity index (χ4n) is 1.34. The lowest BCUT2D eigenvalue weighted by Crippen LogP contribution is -1.96. The molecule has 1 heterocycles. The van der Waals surface area contributed by atoms with Crippen LogP contribution in [0.3, 0.4) is 0 Å². The van der Waals surface area contributed by atoms with E-state index in [0.717, 1.165) is 11.1 Å². The van der Waals surface area contributed by atoms with E-state index in [9.17, 15) is 0 Å². The first-order chi connectivity index (χ1) is 7.65. The number of hydrogen-bond acceptors (Lipinski definition) is 3. The van der Waals surface area contributed by atoms with Crippen LogP contribution in [0.1, 0.15) is 11.1 Å². The Morgan fingerprint density at radius 2 is 1.69 bits per heavy atom. The molecule has 0 aliphatic heterocycles. The molecule has 0 aliphatic carbocycles. The predicted molar refractivity (Wildman–Crippen MR) is 65.7 cm³/mol. The van der Waals surface area contributed by atoms with Gasteiger partial charge in [-0.05, 0) is 23.3 Å². The van der Waals surface area contributed by atoms with Gasteiger partial charge in [-0.2, -0.15) is 0 Å². The van der Waals surface area contributed by atoms with E-state index >= 15 is 0 Å². The molecule has 0 spiro atoms. The molecule has 5 heteroatoms. The summed E-state index contributed by atoms with van der Waals surface area (Å²) in [5, 5.41) is 1.11. The summed E-state index contributed by atoms with van der Waals surface area (Å²) in [4.78, 5) is 7.85. The number of rotatable bonds is 2. The number of nitrogen functional groups attached to an aromatic ring is 1. The van der Waals surface area contributed by atoms with Gasteiger partial charge in [0.15, 0.2) is 0 Å². The van der Waals surface area contributed by atoms with Crippen molar-refractivity contribution in [1.29, 1.82) is 0 Å². The third kappa shape index (κ3) is 2.62. The maximum Gasteiger partial charge on any atom is 0.219 e. The van der Waals surface area contributed by atoms with Crippen LogP contribution in [0, 0.1) is 0 Å². The molecule has 2 rings (SSSR count). The van der Waals surface area contributed by atoms with Gasteiger partial charge in [-0.15, -0.1) is 0 Å². The van der Waals surface area contributed by atoms with Crippen molar-refractivity contribution in [2.24, 2.45) is 0 Å². The van der Waals surface area contributed by atoms with Crippen LogP contribution in [0.4, 0.5) is 5.95 Å². The minimum absolute atomic E-state index is 0.276. The zero-order valence-corrected chi connectivity index (χ0v) is 9.83. The summed E-state index contributed by atoms with van der Waals surface area (Å²) in [6.45, 7) is 0. The number of hydrogen-bond donors (Lipinski definition) is 1. The first-order valence-corrected chi connectivity index (χ1v) is 5.41. The zero-order chi connectivity index (χ0) is 11.5. The molecule has 0 saturated heterocycles. The van der Waals surface area contributed by atoms with Crippen LogP contribution in [0.5, 0.6) is 0 Å². The number of anilines is 1. The maximum absolute atomic E-state index is 5.92. The quantitative estimate of drug-likeness (QED) is 0.896. The summed E-state index contributed by atoms with van der Waals surface area (Å²) in [6, 6.07) is 5.53. The Labute approximate surface area is 103 Å². The Morgan fingerprint density at radius 3 is 2.31 bits per heavy atom. The molecule has 0 bridgehead atoms. The fraction of sp³-hybridized carbons (Fsp3) is 0.0909. The number of halogens is 2. The minimum atomic E-state index is 0.276. The Kier molecular flexibility index (Phi) is 3.27. The molecule has 1 aromatic carbocycles. The number of benzene rings is 1. The fourth-order valence-corrected chi connectivity index (χ4v) is 1.66. The zero-order valence-electron chi connectivity index (χ0n) is 8.32. The van der Waals surface area contributed by atoms with E-state index < -0.39 is 0 Å². The second kappa shape index (κ2) is 4.68. The lowest BCUT2D eigenvalue weighted by molar-refractivity contribution is 1.08. The van der Waals surface area contributed by atoms with Gasteiger partial charge in [-0.1, -0.05) is 29.3 Å². The highest BCUT2D eigenvalue weighted by Crippen LogP contribution is 2.23. The van der Waals surface area contributed by atoms with Crippen molar-refractivity contribution in [3.63, 3.8) is 0 Å². The van der Waals surface area contributed by atoms with Gasteiger partial charge in [0, 0.05) is 18.8 Å². The average Bonchev–Trinajstić information content (AvgIpc) is 2.27. The van der Waals surface area contributed by atoms with Crippen molar-refractivity contribution >= 4 is 29.2 Å². The van der Waals surface area contributed by atoms with Crippen LogP contribution in [0.25, 0.3) is 0 Å². The van der Waals surface area contributed by atoms with Gasteiger partial charge in [-0.3, -0.25) is 0 Å². The van der Waals surface area contributed by atoms with Crippen LogP contribution in [-0.4, -0.2) is 9.97 Å². The van der Waals surface area contributed by atoms with Crippen molar-refractivity contribution in [2.75, 3.05) is 5.73 Å². The van der Waals surface area contributed by atoms with Crippen LogP contribution in [0.15, 0.2) is 30.6 Å². The molecule has 82 valence electrons. The van der Waals surface area contributed by atoms with Gasteiger partial charge in [0.1, 0.15) is 0 Å². The molecule has 3 nitrogen and oxygen atoms in total. The van der Waals surface area contributed by atoms with Crippen molar-refractivity contribution in [2.45, 2.75) is 6.42 Å². The topological polar surface area (TPSA) is 51.8 Å². The Morgan fingerprint density at radius 1 is 1.00 bits per heavy atom. The van der Waals surface area contributed by atoms with Crippen LogP contribution in [-0.2, 0) is 6.42 Å². The summed E-state index contributed by atoms with van der Waals surface area (Å²) < 4.78 is 0. The van der Waals surface area contributed by atoms with Crippen LogP contribution in [0.2, 0.25) is 10.0 Å². The summed E-state index contributed by atoms with van der Waals surface area (Å²) >= 11 is 11.8. The summed E-state index contributed by atoms with van der Waals surface area (Å²) in [5.41, 5.74) is 7.44. The molecule has 16 heavy (non-hydrogen) atoms. The van der Waals surface area contributed by atoms with Gasteiger partial charge in [-0.25, -0.2) is 9.97 Å². The van der Waals surface area contributed by atoms with Crippen LogP contribution >= 0.6 is 23.2 Å². The second-order valence-corrected chi connectivity index (χ2v) is 4.19. The highest BCUT2D eigenvalue weighted by atomic mass is 35.5. The third-order valence-corrected chi connectivity index (χ3v) is 2.86. The molecule has 0 saturated carbocycles. The van der Waals surface area contributed by atoms with Crippen molar-refractivity contribution in [3.05, 3.63) is 51.8 Å². The molecule has 0 amide bonds. The minimum Gasteiger partial charge on any atom is -0.368 e. The van der Waals surface area contributed by atoms with Gasteiger partial charge < -0.3 is 5.73 Å². The molecule has 0 atom stereocenters. The largest absolute Gasteiger partial charge is 0.368 e. The molecular weight excluding hydrogens is 245 g/mol. The van der Waals surface area contributed by atoms with E-state index in [1.165, 1.54) is 0 Å². The maximum atomic E-state index is 5.92. The van der Waals surface area contributed by atoms with Crippen molar-refractivity contribution in [3.8, 4) is 0 Å². The Balaban J connectivity index is 2.20. The molecule has 2 aromatic rings. The molecule has 0 aliphatic rings. The first kappa shape index (κ1) is 11.2. The highest BCUT2D eigenvalue weighted by Gasteiger charge is 2.01. The molecule has 0 radical (unpaired) electrons. The SMILES string of the molecule is Nc1ncc(Cc2ccc(Cl)c(Cl)c2)cn1. The number of nitrogens with zero attached hydrogens (tertiary/aromatic N) is 2. The Hall–Kier alpha value is -1.32.